The number of carbonyl (C=O) groups excluding carboxylic acids is 5. The molecule has 4 fully saturated rings. The maximum atomic E-state index is 14.1. The summed E-state index contributed by atoms with van der Waals surface area (Å²) in [5, 5.41) is 11.3. The van der Waals surface area contributed by atoms with Crippen LogP contribution in [-0.4, -0.2) is 34.2 Å². The van der Waals surface area contributed by atoms with Crippen LogP contribution in [0.3, 0.4) is 0 Å². The molecule has 0 aliphatic heterocycles. The summed E-state index contributed by atoms with van der Waals surface area (Å²) in [5.41, 5.74) is -0.397. The molecular weight excluding hydrogens is 868 g/mol. The van der Waals surface area contributed by atoms with Crippen LogP contribution in [-0.2, 0) is 30.5 Å². The van der Waals surface area contributed by atoms with Crippen molar-refractivity contribution >= 4 is 80.2 Å². The second-order valence-electron chi connectivity index (χ2n) is 15.2. The Labute approximate surface area is 318 Å². The summed E-state index contributed by atoms with van der Waals surface area (Å²) in [7, 11) is 0. The molecule has 0 radical (unpaired) electrons. The number of esters is 2. The summed E-state index contributed by atoms with van der Waals surface area (Å²) in [6.07, 6.45) is 4.92. The molecule has 0 aromatic heterocycles. The van der Waals surface area contributed by atoms with E-state index < -0.39 is 22.3 Å². The number of benzene rings is 2. The smallest absolute Gasteiger partial charge is 0.338 e. The van der Waals surface area contributed by atoms with Gasteiger partial charge in [-0.15, -0.1) is 0 Å². The highest BCUT2D eigenvalue weighted by molar-refractivity contribution is 14.1. The number of rotatable bonds is 9. The van der Waals surface area contributed by atoms with Crippen LogP contribution in [0.25, 0.3) is 0 Å². The average Bonchev–Trinajstić information content (AvgIpc) is 3.43. The number of nitro benzene ring substituents is 1. The highest BCUT2D eigenvalue weighted by Gasteiger charge is 2.66. The summed E-state index contributed by atoms with van der Waals surface area (Å²) in [5.74, 6) is -0.0255. The normalized spacial score (nSPS) is 30.9. The fraction of sp³-hybridized carbons (Fsp3) is 0.553. The number of para-hydroxylation sites is 1. The monoisotopic (exact) mass is 909 g/mol. The maximum Gasteiger partial charge on any atom is 0.338 e. The van der Waals surface area contributed by atoms with Gasteiger partial charge in [-0.05, 0) is 124 Å². The molecular formula is C38H41I2NO9. The largest absolute Gasteiger partial charge is 0.457 e. The van der Waals surface area contributed by atoms with E-state index in [-0.39, 0.29) is 88.1 Å². The standard InChI is InChI=1S/C38H41I2NO9/c1-20(25-9-10-26-34-27(18-32(44)38(25,26)3)37(2)13-12-24(42)16-23(37)17-31(34)43)8-11-33(45)50-35-28(39)14-22(15-29(35)40)36(46)49-19-21-6-4-5-7-30(21)41(47)48/h4-7,14-15,20,23,25-27,34H,8-13,16-19H2,1-3H3/t20-,23+,25-,26+,27+,34+,37+,38-/m1/s1. The lowest BCUT2D eigenvalue weighted by Crippen LogP contribution is -2.60. The maximum absolute atomic E-state index is 14.1. The van der Waals surface area contributed by atoms with Gasteiger partial charge in [-0.25, -0.2) is 4.79 Å². The highest BCUT2D eigenvalue weighted by atomic mass is 127. The van der Waals surface area contributed by atoms with Crippen molar-refractivity contribution in [3.63, 3.8) is 0 Å². The number of ketones is 3. The first kappa shape index (κ1) is 37.0. The van der Waals surface area contributed by atoms with Crippen molar-refractivity contribution in [2.45, 2.75) is 85.2 Å². The van der Waals surface area contributed by atoms with Crippen LogP contribution in [0.4, 0.5) is 5.69 Å². The van der Waals surface area contributed by atoms with Gasteiger partial charge in [0.25, 0.3) is 5.69 Å². The molecule has 12 heteroatoms. The zero-order valence-corrected chi connectivity index (χ0v) is 32.7. The van der Waals surface area contributed by atoms with E-state index in [1.807, 2.05) is 45.2 Å². The van der Waals surface area contributed by atoms with Crippen molar-refractivity contribution in [3.8, 4) is 5.75 Å². The number of hydrogen-bond donors (Lipinski definition) is 0. The second-order valence-corrected chi connectivity index (χ2v) is 17.5. The summed E-state index contributed by atoms with van der Waals surface area (Å²) in [4.78, 5) is 76.8. The molecule has 0 bridgehead atoms. The lowest BCUT2D eigenvalue weighted by molar-refractivity contribution is -0.385. The Kier molecular flexibility index (Phi) is 10.6. The van der Waals surface area contributed by atoms with Crippen LogP contribution < -0.4 is 4.74 Å². The van der Waals surface area contributed by atoms with Gasteiger partial charge < -0.3 is 9.47 Å². The number of carbonyl (C=O) groups is 5. The van der Waals surface area contributed by atoms with Gasteiger partial charge in [-0.2, -0.15) is 0 Å². The van der Waals surface area contributed by atoms with E-state index in [0.717, 1.165) is 19.3 Å². The average molecular weight is 910 g/mol. The Morgan fingerprint density at radius 1 is 1.02 bits per heavy atom. The van der Waals surface area contributed by atoms with Gasteiger partial charge in [0.1, 0.15) is 24.0 Å². The zero-order chi connectivity index (χ0) is 36.1. The molecule has 50 heavy (non-hydrogen) atoms. The van der Waals surface area contributed by atoms with E-state index in [1.165, 1.54) is 12.1 Å². The minimum Gasteiger partial charge on any atom is -0.457 e. The Morgan fingerprint density at radius 2 is 1.72 bits per heavy atom. The van der Waals surface area contributed by atoms with Crippen LogP contribution in [0.5, 0.6) is 5.75 Å². The van der Waals surface area contributed by atoms with E-state index in [4.69, 9.17) is 9.47 Å². The van der Waals surface area contributed by atoms with Crippen molar-refractivity contribution < 1.29 is 38.4 Å². The molecule has 8 atom stereocenters. The van der Waals surface area contributed by atoms with E-state index in [9.17, 15) is 34.1 Å². The van der Waals surface area contributed by atoms with Crippen molar-refractivity contribution in [2.75, 3.05) is 0 Å². The third-order valence-electron chi connectivity index (χ3n) is 12.7. The first-order chi connectivity index (χ1) is 23.6. The van der Waals surface area contributed by atoms with Crippen LogP contribution in [0.15, 0.2) is 36.4 Å². The predicted octanol–water partition coefficient (Wildman–Crippen LogP) is 8.07. The van der Waals surface area contributed by atoms with E-state index in [0.29, 0.717) is 45.0 Å². The Bertz CT molecular complexity index is 1750. The Morgan fingerprint density at radius 3 is 2.42 bits per heavy atom. The van der Waals surface area contributed by atoms with Gasteiger partial charge in [-0.3, -0.25) is 29.3 Å². The molecule has 0 saturated heterocycles. The molecule has 4 saturated carbocycles. The first-order valence-corrected chi connectivity index (χ1v) is 19.5. The number of hydrogen-bond acceptors (Lipinski definition) is 9. The second kappa shape index (κ2) is 14.3. The molecule has 0 heterocycles. The third kappa shape index (κ3) is 6.67. The quantitative estimate of drug-likeness (QED) is 0.0802. The number of nitrogens with zero attached hydrogens (tertiary/aromatic N) is 1. The summed E-state index contributed by atoms with van der Waals surface area (Å²) in [6.45, 7) is 6.11. The Balaban J connectivity index is 1.07. The van der Waals surface area contributed by atoms with Gasteiger partial charge in [0.05, 0.1) is 23.2 Å². The molecule has 0 spiro atoms. The first-order valence-electron chi connectivity index (χ1n) is 17.3. The van der Waals surface area contributed by atoms with E-state index >= 15 is 0 Å². The molecule has 6 rings (SSSR count). The van der Waals surface area contributed by atoms with E-state index in [1.54, 1.807) is 24.3 Å². The van der Waals surface area contributed by atoms with Crippen molar-refractivity contribution in [1.82, 2.24) is 0 Å². The number of ether oxygens (including phenoxy) is 2. The Hall–Kier alpha value is -2.75. The van der Waals surface area contributed by atoms with Crippen LogP contribution >= 0.6 is 45.2 Å². The van der Waals surface area contributed by atoms with Crippen molar-refractivity contribution in [3.05, 3.63) is 64.8 Å². The predicted molar refractivity (Wildman–Crippen MR) is 199 cm³/mol. The molecule has 0 unspecified atom stereocenters. The molecule has 0 N–H and O–H groups in total. The molecule has 4 aliphatic carbocycles. The topological polar surface area (TPSA) is 147 Å². The number of nitro groups is 1. The van der Waals surface area contributed by atoms with Crippen LogP contribution in [0.2, 0.25) is 0 Å². The fourth-order valence-corrected chi connectivity index (χ4v) is 11.9. The molecule has 2 aromatic rings. The summed E-state index contributed by atoms with van der Waals surface area (Å²) >= 11 is 4.00. The van der Waals surface area contributed by atoms with Gasteiger partial charge in [-0.1, -0.05) is 32.9 Å². The van der Waals surface area contributed by atoms with Gasteiger partial charge >= 0.3 is 11.9 Å². The minimum absolute atomic E-state index is 0.0000432. The third-order valence-corrected chi connectivity index (χ3v) is 14.3. The number of fused-ring (bicyclic) bond motifs is 5. The summed E-state index contributed by atoms with van der Waals surface area (Å²) in [6, 6.07) is 9.17. The summed E-state index contributed by atoms with van der Waals surface area (Å²) < 4.78 is 12.2. The molecule has 266 valence electrons. The van der Waals surface area contributed by atoms with E-state index in [2.05, 4.69) is 20.8 Å². The SMILES string of the molecule is C[C@H](CCC(=O)Oc1c(I)cc(C(=O)OCc2ccccc2[N+](=O)[O-])cc1I)[C@H]1CC[C@H]2[C@@H]3C(=O)C[C@@H]4CC(=O)CC[C@]4(C)[C@H]3CC(=O)[C@]12C. The van der Waals surface area contributed by atoms with Crippen LogP contribution in [0, 0.1) is 63.6 Å². The van der Waals surface area contributed by atoms with Gasteiger partial charge in [0.15, 0.2) is 5.75 Å². The molecule has 2 aromatic carbocycles. The van der Waals surface area contributed by atoms with Crippen LogP contribution in [0.1, 0.15) is 94.5 Å². The van der Waals surface area contributed by atoms with Crippen molar-refractivity contribution in [1.29, 1.82) is 0 Å². The highest BCUT2D eigenvalue weighted by Crippen LogP contribution is 2.66. The molecule has 0 amide bonds. The van der Waals surface area contributed by atoms with Crippen molar-refractivity contribution in [2.24, 2.45) is 46.3 Å². The molecule has 4 aliphatic rings. The number of halogens is 2. The van der Waals surface area contributed by atoms with Gasteiger partial charge in [0, 0.05) is 49.5 Å². The molecule has 10 nitrogen and oxygen atoms in total. The minimum atomic E-state index is -0.657. The lowest BCUT2D eigenvalue weighted by Gasteiger charge is -2.58. The van der Waals surface area contributed by atoms with Gasteiger partial charge in [0.2, 0.25) is 0 Å². The number of Topliss-reactive ketones (excluding diaryl/α,β-unsaturated/α-hetero) is 3. The lowest BCUT2D eigenvalue weighted by atomic mass is 9.44. The zero-order valence-electron chi connectivity index (χ0n) is 28.4. The fourth-order valence-electron chi connectivity index (χ4n) is 9.91.